The lowest BCUT2D eigenvalue weighted by Gasteiger charge is -2.23. The Morgan fingerprint density at radius 1 is 1.33 bits per heavy atom. The highest BCUT2D eigenvalue weighted by Crippen LogP contribution is 2.35. The number of hydrogen-bond donors (Lipinski definition) is 2. The quantitative estimate of drug-likeness (QED) is 0.760. The van der Waals surface area contributed by atoms with E-state index in [4.69, 9.17) is 21.1 Å². The number of rotatable bonds is 1. The van der Waals surface area contributed by atoms with E-state index in [1.165, 1.54) is 6.20 Å². The van der Waals surface area contributed by atoms with Crippen molar-refractivity contribution < 1.29 is 18.3 Å². The molecule has 8 nitrogen and oxygen atoms in total. The predicted molar refractivity (Wildman–Crippen MR) is 95.3 cm³/mol. The molecule has 2 aliphatic rings. The molecule has 2 aromatic rings. The Morgan fingerprint density at radius 2 is 2.11 bits per heavy atom. The zero-order valence-corrected chi connectivity index (χ0v) is 15.4. The van der Waals surface area contributed by atoms with E-state index < -0.39 is 19.1 Å². The van der Waals surface area contributed by atoms with Gasteiger partial charge in [0, 0.05) is 13.2 Å². The van der Waals surface area contributed by atoms with E-state index in [1.54, 1.807) is 4.68 Å². The van der Waals surface area contributed by atoms with Gasteiger partial charge >= 0.3 is 0 Å². The van der Waals surface area contributed by atoms with Gasteiger partial charge < -0.3 is 20.1 Å². The lowest BCUT2D eigenvalue weighted by atomic mass is 10.1. The maximum Gasteiger partial charge on any atom is 0.298 e. The van der Waals surface area contributed by atoms with Gasteiger partial charge in [-0.3, -0.25) is 4.68 Å². The van der Waals surface area contributed by atoms with Crippen LogP contribution >= 0.6 is 11.6 Å². The minimum absolute atomic E-state index is 0.0978. The third-order valence-corrected chi connectivity index (χ3v) is 4.85. The van der Waals surface area contributed by atoms with Crippen LogP contribution in [0.15, 0.2) is 6.20 Å². The van der Waals surface area contributed by atoms with E-state index in [1.807, 2.05) is 6.92 Å². The largest absolute Gasteiger partial charge is 0.469 e. The molecule has 4 heterocycles. The maximum absolute atomic E-state index is 14.2. The molecule has 2 aliphatic heterocycles. The van der Waals surface area contributed by atoms with Crippen LogP contribution in [0.4, 0.5) is 26.2 Å². The van der Waals surface area contributed by atoms with Crippen LogP contribution in [0.2, 0.25) is 5.02 Å². The highest BCUT2D eigenvalue weighted by atomic mass is 35.5. The molecule has 0 radical (unpaired) electrons. The summed E-state index contributed by atoms with van der Waals surface area (Å²) >= 11 is 6.00. The summed E-state index contributed by atoms with van der Waals surface area (Å²) in [7, 11) is 0. The zero-order chi connectivity index (χ0) is 19.0. The number of alkyl halides is 2. The molecular weight excluding hydrogens is 382 g/mol. The van der Waals surface area contributed by atoms with Gasteiger partial charge in [-0.2, -0.15) is 4.98 Å². The first kappa shape index (κ1) is 18.2. The van der Waals surface area contributed by atoms with Crippen molar-refractivity contribution in [2.24, 2.45) is 0 Å². The molecule has 0 aromatic carbocycles. The number of halogens is 3. The molecule has 0 atom stereocenters. The molecule has 0 spiro atoms. The van der Waals surface area contributed by atoms with Gasteiger partial charge in [-0.15, -0.1) is 5.10 Å². The first-order valence-electron chi connectivity index (χ1n) is 8.64. The number of anilines is 3. The van der Waals surface area contributed by atoms with E-state index in [-0.39, 0.29) is 28.7 Å². The predicted octanol–water partition coefficient (Wildman–Crippen LogP) is 3.17. The molecule has 0 saturated carbocycles. The summed E-state index contributed by atoms with van der Waals surface area (Å²) in [6.45, 7) is 1.63. The normalized spacial score (nSPS) is 19.9. The second-order valence-corrected chi connectivity index (χ2v) is 6.97. The van der Waals surface area contributed by atoms with Crippen molar-refractivity contribution in [2.45, 2.75) is 31.7 Å². The summed E-state index contributed by atoms with van der Waals surface area (Å²) in [6.07, 6.45) is 2.94. The summed E-state index contributed by atoms with van der Waals surface area (Å²) in [6, 6.07) is 0.119. The Morgan fingerprint density at radius 3 is 2.89 bits per heavy atom. The van der Waals surface area contributed by atoms with Gasteiger partial charge in [-0.1, -0.05) is 11.6 Å². The average molecular weight is 401 g/mol. The highest BCUT2D eigenvalue weighted by molar-refractivity contribution is 6.32. The minimum atomic E-state index is -3.13. The fraction of sp³-hybridized carbons (Fsp3) is 0.562. The van der Waals surface area contributed by atoms with Gasteiger partial charge in [0.1, 0.15) is 10.7 Å². The number of hydrogen-bond acceptors (Lipinski definition) is 7. The highest BCUT2D eigenvalue weighted by Gasteiger charge is 2.33. The molecule has 0 unspecified atom stereocenters. The third-order valence-electron chi connectivity index (χ3n) is 4.57. The van der Waals surface area contributed by atoms with Crippen molar-refractivity contribution in [3.63, 3.8) is 0 Å². The third kappa shape index (κ3) is 3.77. The summed E-state index contributed by atoms with van der Waals surface area (Å²) < 4.78 is 41.0. The Bertz CT molecular complexity index is 841. The Balaban J connectivity index is 1.75. The lowest BCUT2D eigenvalue weighted by molar-refractivity contribution is -0.0296. The maximum atomic E-state index is 14.2. The van der Waals surface area contributed by atoms with Gasteiger partial charge in [0.2, 0.25) is 5.95 Å². The SMILES string of the molecule is Cc1c2c(nn1C1CCOCC1)OCC(F)(F)CNc1nc(ncc1Cl)N2. The minimum Gasteiger partial charge on any atom is -0.469 e. The molecule has 1 fully saturated rings. The van der Waals surface area contributed by atoms with E-state index in [2.05, 4.69) is 25.7 Å². The molecular formula is C16H19ClF2N6O2. The van der Waals surface area contributed by atoms with Crippen LogP contribution in [0.5, 0.6) is 5.88 Å². The Kier molecular flexibility index (Phi) is 4.77. The summed E-state index contributed by atoms with van der Waals surface area (Å²) in [4.78, 5) is 8.31. The summed E-state index contributed by atoms with van der Waals surface area (Å²) in [5, 5.41) is 10.2. The number of ether oxygens (including phenoxy) is 2. The van der Waals surface area contributed by atoms with E-state index in [0.717, 1.165) is 18.5 Å². The molecule has 2 N–H and O–H groups in total. The Hall–Kier alpha value is -2.20. The van der Waals surface area contributed by atoms with Crippen molar-refractivity contribution >= 4 is 29.1 Å². The molecule has 146 valence electrons. The van der Waals surface area contributed by atoms with Crippen LogP contribution in [0.3, 0.4) is 0 Å². The van der Waals surface area contributed by atoms with Gasteiger partial charge in [0.15, 0.2) is 12.4 Å². The molecule has 27 heavy (non-hydrogen) atoms. The zero-order valence-electron chi connectivity index (χ0n) is 14.6. The van der Waals surface area contributed by atoms with E-state index in [0.29, 0.717) is 18.9 Å². The molecule has 11 heteroatoms. The molecule has 2 bridgehead atoms. The van der Waals surface area contributed by atoms with Gasteiger partial charge in [0.25, 0.3) is 11.8 Å². The van der Waals surface area contributed by atoms with Crippen molar-refractivity contribution in [1.82, 2.24) is 19.7 Å². The number of fused-ring (bicyclic) bond motifs is 3. The molecule has 2 aromatic heterocycles. The fourth-order valence-corrected chi connectivity index (χ4v) is 3.28. The van der Waals surface area contributed by atoms with Crippen LogP contribution in [0.25, 0.3) is 0 Å². The second kappa shape index (κ2) is 7.08. The number of nitrogens with zero attached hydrogens (tertiary/aromatic N) is 4. The Labute approximate surface area is 159 Å². The first-order valence-corrected chi connectivity index (χ1v) is 9.02. The van der Waals surface area contributed by atoms with Crippen LogP contribution in [-0.4, -0.2) is 52.0 Å². The monoisotopic (exact) mass is 400 g/mol. The number of aromatic nitrogens is 4. The van der Waals surface area contributed by atoms with Gasteiger partial charge in [-0.05, 0) is 19.8 Å². The van der Waals surface area contributed by atoms with Crippen LogP contribution in [0, 0.1) is 6.92 Å². The van der Waals surface area contributed by atoms with Gasteiger partial charge in [0.05, 0.1) is 24.5 Å². The van der Waals surface area contributed by atoms with Crippen LogP contribution < -0.4 is 15.4 Å². The van der Waals surface area contributed by atoms with Crippen molar-refractivity contribution in [3.8, 4) is 5.88 Å². The molecule has 4 rings (SSSR count). The summed E-state index contributed by atoms with van der Waals surface area (Å²) in [5.41, 5.74) is 1.22. The molecule has 0 amide bonds. The smallest absolute Gasteiger partial charge is 0.298 e. The van der Waals surface area contributed by atoms with Crippen molar-refractivity contribution in [2.75, 3.05) is 37.0 Å². The summed E-state index contributed by atoms with van der Waals surface area (Å²) in [5.74, 6) is -2.69. The lowest BCUT2D eigenvalue weighted by Crippen LogP contribution is -2.34. The average Bonchev–Trinajstić information content (AvgIpc) is 2.96. The van der Waals surface area contributed by atoms with E-state index in [9.17, 15) is 8.78 Å². The van der Waals surface area contributed by atoms with Crippen LogP contribution in [0.1, 0.15) is 24.6 Å². The van der Waals surface area contributed by atoms with Gasteiger partial charge in [-0.25, -0.2) is 13.8 Å². The standard InChI is InChI=1S/C16H19ClF2N6O2/c1-9-12-14(24-25(9)10-2-4-26-5-3-10)27-8-16(18,19)7-21-13-11(17)6-20-15(22-12)23-13/h6,10H,2-5,7-8H2,1H3,(H2,20,21,22,23). The molecule has 1 saturated heterocycles. The van der Waals surface area contributed by atoms with Crippen molar-refractivity contribution in [1.29, 1.82) is 0 Å². The fourth-order valence-electron chi connectivity index (χ4n) is 3.12. The second-order valence-electron chi connectivity index (χ2n) is 6.57. The van der Waals surface area contributed by atoms with Crippen molar-refractivity contribution in [3.05, 3.63) is 16.9 Å². The topological polar surface area (TPSA) is 86.1 Å². The first-order chi connectivity index (χ1) is 12.9. The number of nitrogens with one attached hydrogen (secondary N) is 2. The van der Waals surface area contributed by atoms with E-state index >= 15 is 0 Å². The molecule has 0 aliphatic carbocycles. The van der Waals surface area contributed by atoms with Crippen LogP contribution in [-0.2, 0) is 4.74 Å².